The molecule has 0 aliphatic heterocycles. The molecule has 5 nitrogen and oxygen atoms in total. The summed E-state index contributed by atoms with van der Waals surface area (Å²) in [5.74, 6) is -0.365. The molecule has 5 heteroatoms. The molecule has 0 heterocycles. The van der Waals surface area contributed by atoms with Crippen molar-refractivity contribution >= 4 is 17.8 Å². The van der Waals surface area contributed by atoms with Crippen LogP contribution in [-0.2, 0) is 0 Å². The highest BCUT2D eigenvalue weighted by molar-refractivity contribution is 6.01. The number of carbonyl (C=O) groups is 2. The van der Waals surface area contributed by atoms with E-state index >= 15 is 0 Å². The average molecular weight is 193 g/mol. The molecule has 1 aromatic rings. The van der Waals surface area contributed by atoms with Gasteiger partial charge in [-0.25, -0.2) is 0 Å². The molecule has 0 N–H and O–H groups in total. The lowest BCUT2D eigenvalue weighted by Gasteiger charge is -1.99. The Balaban J connectivity index is 3.34. The Hall–Kier alpha value is -2.04. The number of carbonyl (C=O) groups excluding carboxylic acids is 2. The lowest BCUT2D eigenvalue weighted by Crippen LogP contribution is -2.00. The number of aldehydes is 1. The highest BCUT2D eigenvalue weighted by atomic mass is 16.6. The van der Waals surface area contributed by atoms with E-state index in [4.69, 9.17) is 0 Å². The van der Waals surface area contributed by atoms with Crippen molar-refractivity contribution in [1.29, 1.82) is 0 Å². The van der Waals surface area contributed by atoms with Crippen molar-refractivity contribution in [3.8, 4) is 0 Å². The lowest BCUT2D eigenvalue weighted by molar-refractivity contribution is -0.384. The summed E-state index contributed by atoms with van der Waals surface area (Å²) in [5.41, 5.74) is 0.0538. The number of Topliss-reactive ketones (excluding diaryl/α,β-unsaturated/α-hetero) is 1. The van der Waals surface area contributed by atoms with Crippen LogP contribution in [0.15, 0.2) is 18.2 Å². The van der Waals surface area contributed by atoms with Gasteiger partial charge in [0.05, 0.1) is 4.92 Å². The molecule has 0 amide bonds. The van der Waals surface area contributed by atoms with Crippen LogP contribution in [0.4, 0.5) is 5.69 Å². The number of nitro benzene ring substituents is 1. The first-order chi connectivity index (χ1) is 6.56. The van der Waals surface area contributed by atoms with E-state index in [1.165, 1.54) is 19.1 Å². The molecular weight excluding hydrogens is 186 g/mol. The summed E-state index contributed by atoms with van der Waals surface area (Å²) in [7, 11) is 0. The van der Waals surface area contributed by atoms with Crippen LogP contribution in [0.25, 0.3) is 0 Å². The number of nitro groups is 1. The van der Waals surface area contributed by atoms with Gasteiger partial charge in [-0.3, -0.25) is 19.7 Å². The van der Waals surface area contributed by atoms with Crippen LogP contribution in [0.3, 0.4) is 0 Å². The van der Waals surface area contributed by atoms with Gasteiger partial charge >= 0.3 is 0 Å². The van der Waals surface area contributed by atoms with Crippen molar-refractivity contribution in [3.63, 3.8) is 0 Å². The van der Waals surface area contributed by atoms with E-state index in [-0.39, 0.29) is 22.6 Å². The van der Waals surface area contributed by atoms with Gasteiger partial charge in [0, 0.05) is 23.3 Å². The lowest BCUT2D eigenvalue weighted by atomic mass is 10.0. The number of hydrogen-bond acceptors (Lipinski definition) is 4. The van der Waals surface area contributed by atoms with Crippen LogP contribution in [0.2, 0.25) is 0 Å². The molecular formula is C9H7NO4. The Morgan fingerprint density at radius 1 is 1.50 bits per heavy atom. The van der Waals surface area contributed by atoms with Crippen molar-refractivity contribution in [1.82, 2.24) is 0 Å². The summed E-state index contributed by atoms with van der Waals surface area (Å²) in [6.45, 7) is 1.26. The third-order valence-electron chi connectivity index (χ3n) is 1.75. The Labute approximate surface area is 79.5 Å². The standard InChI is InChI=1S/C9H7NO4/c1-6(12)9-4-8(10(13)14)3-2-7(9)5-11/h2-5H,1H3. The fourth-order valence-corrected chi connectivity index (χ4v) is 1.07. The number of hydrogen-bond donors (Lipinski definition) is 0. The number of benzene rings is 1. The Morgan fingerprint density at radius 2 is 2.14 bits per heavy atom. The van der Waals surface area contributed by atoms with Gasteiger partial charge < -0.3 is 0 Å². The summed E-state index contributed by atoms with van der Waals surface area (Å²) in [6, 6.07) is 3.56. The molecule has 0 unspecified atom stereocenters. The molecule has 0 fully saturated rings. The topological polar surface area (TPSA) is 77.3 Å². The minimum atomic E-state index is -0.610. The molecule has 0 aromatic heterocycles. The zero-order valence-corrected chi connectivity index (χ0v) is 7.39. The van der Waals surface area contributed by atoms with Gasteiger partial charge in [0.2, 0.25) is 0 Å². The predicted octanol–water partition coefficient (Wildman–Crippen LogP) is 1.61. The first kappa shape index (κ1) is 10.0. The summed E-state index contributed by atoms with van der Waals surface area (Å²) in [4.78, 5) is 31.3. The third kappa shape index (κ3) is 1.82. The zero-order valence-electron chi connectivity index (χ0n) is 7.39. The summed E-state index contributed by atoms with van der Waals surface area (Å²) in [6.07, 6.45) is 0.500. The van der Waals surface area contributed by atoms with E-state index in [1.807, 2.05) is 0 Å². The van der Waals surface area contributed by atoms with E-state index in [0.29, 0.717) is 6.29 Å². The summed E-state index contributed by atoms with van der Waals surface area (Å²) in [5, 5.41) is 10.4. The third-order valence-corrected chi connectivity index (χ3v) is 1.75. The monoisotopic (exact) mass is 193 g/mol. The number of rotatable bonds is 3. The second-order valence-electron chi connectivity index (χ2n) is 2.70. The van der Waals surface area contributed by atoms with E-state index in [0.717, 1.165) is 6.07 Å². The fourth-order valence-electron chi connectivity index (χ4n) is 1.07. The van der Waals surface area contributed by atoms with Gasteiger partial charge in [0.1, 0.15) is 0 Å². The van der Waals surface area contributed by atoms with Crippen LogP contribution in [-0.4, -0.2) is 17.0 Å². The molecule has 0 aliphatic rings. The number of nitrogens with zero attached hydrogens (tertiary/aromatic N) is 1. The molecule has 1 aromatic carbocycles. The molecule has 72 valence electrons. The van der Waals surface area contributed by atoms with Gasteiger partial charge in [0.25, 0.3) is 5.69 Å². The summed E-state index contributed by atoms with van der Waals surface area (Å²) < 4.78 is 0. The first-order valence-corrected chi connectivity index (χ1v) is 3.81. The van der Waals surface area contributed by atoms with Crippen molar-refractivity contribution in [2.24, 2.45) is 0 Å². The van der Waals surface area contributed by atoms with Crippen molar-refractivity contribution in [2.45, 2.75) is 6.92 Å². The molecule has 0 radical (unpaired) electrons. The minimum Gasteiger partial charge on any atom is -0.298 e. The maximum Gasteiger partial charge on any atom is 0.270 e. The maximum atomic E-state index is 11.0. The largest absolute Gasteiger partial charge is 0.298 e. The normalized spacial score (nSPS) is 9.50. The maximum absolute atomic E-state index is 11.0. The Bertz CT molecular complexity index is 411. The quantitative estimate of drug-likeness (QED) is 0.316. The van der Waals surface area contributed by atoms with E-state index in [9.17, 15) is 19.7 Å². The molecule has 0 saturated heterocycles. The smallest absolute Gasteiger partial charge is 0.270 e. The van der Waals surface area contributed by atoms with Gasteiger partial charge in [-0.15, -0.1) is 0 Å². The summed E-state index contributed by atoms with van der Waals surface area (Å²) >= 11 is 0. The molecule has 0 saturated carbocycles. The molecule has 14 heavy (non-hydrogen) atoms. The molecule has 1 rings (SSSR count). The predicted molar refractivity (Wildman–Crippen MR) is 48.5 cm³/mol. The van der Waals surface area contributed by atoms with E-state index in [2.05, 4.69) is 0 Å². The molecule has 0 atom stereocenters. The fraction of sp³-hybridized carbons (Fsp3) is 0.111. The number of ketones is 1. The van der Waals surface area contributed by atoms with Crippen LogP contribution in [0.1, 0.15) is 27.6 Å². The van der Waals surface area contributed by atoms with Gasteiger partial charge in [0.15, 0.2) is 12.1 Å². The second-order valence-corrected chi connectivity index (χ2v) is 2.70. The van der Waals surface area contributed by atoms with Crippen LogP contribution < -0.4 is 0 Å². The second kappa shape index (κ2) is 3.78. The van der Waals surface area contributed by atoms with Crippen LogP contribution >= 0.6 is 0 Å². The molecule has 0 aliphatic carbocycles. The van der Waals surface area contributed by atoms with E-state index < -0.39 is 4.92 Å². The van der Waals surface area contributed by atoms with Crippen molar-refractivity contribution in [2.75, 3.05) is 0 Å². The highest BCUT2D eigenvalue weighted by Gasteiger charge is 2.12. The minimum absolute atomic E-state index is 0.0780. The van der Waals surface area contributed by atoms with Gasteiger partial charge in [-0.2, -0.15) is 0 Å². The SMILES string of the molecule is CC(=O)c1cc([N+](=O)[O-])ccc1C=O. The molecule has 0 bridgehead atoms. The first-order valence-electron chi connectivity index (χ1n) is 3.81. The average Bonchev–Trinajstić information content (AvgIpc) is 2.16. The van der Waals surface area contributed by atoms with Crippen molar-refractivity contribution < 1.29 is 14.5 Å². The highest BCUT2D eigenvalue weighted by Crippen LogP contribution is 2.17. The van der Waals surface area contributed by atoms with Gasteiger partial charge in [-0.05, 0) is 13.0 Å². The Morgan fingerprint density at radius 3 is 2.57 bits per heavy atom. The van der Waals surface area contributed by atoms with Gasteiger partial charge in [-0.1, -0.05) is 0 Å². The zero-order chi connectivity index (χ0) is 10.7. The van der Waals surface area contributed by atoms with E-state index in [1.54, 1.807) is 0 Å². The van der Waals surface area contributed by atoms with Crippen LogP contribution in [0.5, 0.6) is 0 Å². The van der Waals surface area contributed by atoms with Crippen LogP contribution in [0, 0.1) is 10.1 Å². The van der Waals surface area contributed by atoms with Crippen molar-refractivity contribution in [3.05, 3.63) is 39.4 Å². The number of non-ortho nitro benzene ring substituents is 1. The molecule has 0 spiro atoms. The Kier molecular flexibility index (Phi) is 2.71.